The number of amides is 1. The van der Waals surface area contributed by atoms with E-state index in [-0.39, 0.29) is 17.7 Å². The SMILES string of the molecule is CCOc1cc(C=C(C#N)C(=O)NCCc2c[nH]c3ccccc23)cc(Br)c1OCc1cccc(C(=O)O)c1. The third-order valence-corrected chi connectivity index (χ3v) is 6.51. The van der Waals surface area contributed by atoms with E-state index in [0.29, 0.717) is 46.7 Å². The standard InChI is InChI=1S/C30H26BrN3O5/c1-2-38-27-15-20(14-25(31)28(27)39-18-19-6-5-7-21(12-19)30(36)37)13-23(16-32)29(35)33-11-10-22-17-34-26-9-4-3-8-24(22)26/h3-9,12-15,17,34H,2,10-11,18H2,1H3,(H,33,35)(H,36,37). The number of hydrogen-bond donors (Lipinski definition) is 3. The molecule has 0 spiro atoms. The number of para-hydroxylation sites is 1. The molecule has 198 valence electrons. The van der Waals surface area contributed by atoms with Crippen LogP contribution in [-0.2, 0) is 17.8 Å². The highest BCUT2D eigenvalue weighted by molar-refractivity contribution is 9.10. The number of nitrogens with one attached hydrogen (secondary N) is 2. The van der Waals surface area contributed by atoms with Gasteiger partial charge in [0.15, 0.2) is 11.5 Å². The molecule has 1 aromatic heterocycles. The molecule has 0 aliphatic heterocycles. The lowest BCUT2D eigenvalue weighted by atomic mass is 10.1. The van der Waals surface area contributed by atoms with Crippen LogP contribution < -0.4 is 14.8 Å². The van der Waals surface area contributed by atoms with Crippen molar-refractivity contribution >= 4 is 44.8 Å². The highest BCUT2D eigenvalue weighted by Gasteiger charge is 2.15. The van der Waals surface area contributed by atoms with Crippen molar-refractivity contribution in [3.8, 4) is 17.6 Å². The summed E-state index contributed by atoms with van der Waals surface area (Å²) in [5, 5.41) is 22.8. The van der Waals surface area contributed by atoms with E-state index in [1.807, 2.05) is 43.5 Å². The minimum absolute atomic E-state index is 0.0394. The molecule has 1 amide bonds. The molecule has 1 heterocycles. The molecule has 0 atom stereocenters. The number of carboxylic acid groups (broad SMARTS) is 1. The largest absolute Gasteiger partial charge is 0.490 e. The van der Waals surface area contributed by atoms with E-state index in [0.717, 1.165) is 16.5 Å². The molecule has 3 aromatic carbocycles. The van der Waals surface area contributed by atoms with Crippen LogP contribution >= 0.6 is 15.9 Å². The van der Waals surface area contributed by atoms with Crippen LogP contribution in [0.3, 0.4) is 0 Å². The van der Waals surface area contributed by atoms with Gasteiger partial charge in [-0.15, -0.1) is 0 Å². The third-order valence-electron chi connectivity index (χ3n) is 5.92. The monoisotopic (exact) mass is 587 g/mol. The van der Waals surface area contributed by atoms with Crippen molar-refractivity contribution in [1.29, 1.82) is 5.26 Å². The van der Waals surface area contributed by atoms with Crippen molar-refractivity contribution in [1.82, 2.24) is 10.3 Å². The quantitative estimate of drug-likeness (QED) is 0.149. The molecule has 3 N–H and O–H groups in total. The fourth-order valence-electron chi connectivity index (χ4n) is 4.08. The van der Waals surface area contributed by atoms with E-state index < -0.39 is 11.9 Å². The number of aromatic amines is 1. The van der Waals surface area contributed by atoms with E-state index in [2.05, 4.69) is 26.2 Å². The van der Waals surface area contributed by atoms with Gasteiger partial charge < -0.3 is 24.9 Å². The number of hydrogen-bond acceptors (Lipinski definition) is 5. The van der Waals surface area contributed by atoms with Gasteiger partial charge in [0.05, 0.1) is 16.6 Å². The number of aromatic carboxylic acids is 1. The number of aromatic nitrogens is 1. The van der Waals surface area contributed by atoms with Gasteiger partial charge in [0.25, 0.3) is 5.91 Å². The summed E-state index contributed by atoms with van der Waals surface area (Å²) in [5.41, 5.74) is 3.52. The Morgan fingerprint density at radius 1 is 1.13 bits per heavy atom. The number of benzene rings is 3. The van der Waals surface area contributed by atoms with E-state index in [9.17, 15) is 20.0 Å². The molecule has 0 saturated carbocycles. The van der Waals surface area contributed by atoms with Gasteiger partial charge in [0.2, 0.25) is 0 Å². The minimum Gasteiger partial charge on any atom is -0.490 e. The van der Waals surface area contributed by atoms with Crippen LogP contribution in [0.1, 0.15) is 34.0 Å². The Hall–Kier alpha value is -4.55. The fourth-order valence-corrected chi connectivity index (χ4v) is 4.66. The summed E-state index contributed by atoms with van der Waals surface area (Å²) in [6, 6.07) is 19.8. The number of halogens is 1. The maximum Gasteiger partial charge on any atom is 0.335 e. The third kappa shape index (κ3) is 6.86. The number of carbonyl (C=O) groups is 2. The number of rotatable bonds is 11. The first kappa shape index (κ1) is 27.5. The van der Waals surface area contributed by atoms with E-state index in [4.69, 9.17) is 9.47 Å². The van der Waals surface area contributed by atoms with Crippen molar-refractivity contribution in [2.75, 3.05) is 13.2 Å². The van der Waals surface area contributed by atoms with Crippen LogP contribution in [0.25, 0.3) is 17.0 Å². The lowest BCUT2D eigenvalue weighted by Gasteiger charge is -2.15. The summed E-state index contributed by atoms with van der Waals surface area (Å²) in [5.74, 6) is -0.634. The van der Waals surface area contributed by atoms with Crippen LogP contribution in [-0.4, -0.2) is 35.1 Å². The van der Waals surface area contributed by atoms with Gasteiger partial charge in [0, 0.05) is 23.6 Å². The molecule has 0 radical (unpaired) electrons. The molecule has 4 rings (SSSR count). The molecule has 0 fully saturated rings. The van der Waals surface area contributed by atoms with Crippen molar-refractivity contribution < 1.29 is 24.2 Å². The second kappa shape index (κ2) is 12.8. The molecule has 0 aliphatic carbocycles. The molecule has 9 heteroatoms. The Labute approximate surface area is 234 Å². The topological polar surface area (TPSA) is 124 Å². The number of fused-ring (bicyclic) bond motifs is 1. The molecule has 8 nitrogen and oxygen atoms in total. The average Bonchev–Trinajstić information content (AvgIpc) is 3.34. The number of carbonyl (C=O) groups excluding carboxylic acids is 1. The number of ether oxygens (including phenoxy) is 2. The van der Waals surface area contributed by atoms with Crippen molar-refractivity contribution in [3.05, 3.63) is 99.2 Å². The second-order valence-electron chi connectivity index (χ2n) is 8.59. The van der Waals surface area contributed by atoms with E-state index >= 15 is 0 Å². The first-order valence-electron chi connectivity index (χ1n) is 12.3. The second-order valence-corrected chi connectivity index (χ2v) is 9.45. The lowest BCUT2D eigenvalue weighted by molar-refractivity contribution is -0.117. The van der Waals surface area contributed by atoms with Gasteiger partial charge in [-0.1, -0.05) is 30.3 Å². The van der Waals surface area contributed by atoms with Gasteiger partial charge >= 0.3 is 5.97 Å². The molecular weight excluding hydrogens is 562 g/mol. The van der Waals surface area contributed by atoms with Crippen LogP contribution in [0.5, 0.6) is 11.5 Å². The number of nitriles is 1. The van der Waals surface area contributed by atoms with Crippen LogP contribution in [0.15, 0.2) is 76.9 Å². The molecule has 0 aliphatic rings. The van der Waals surface area contributed by atoms with Gasteiger partial charge in [-0.2, -0.15) is 5.26 Å². The Morgan fingerprint density at radius 3 is 2.72 bits per heavy atom. The average molecular weight is 588 g/mol. The normalized spacial score (nSPS) is 11.2. The van der Waals surface area contributed by atoms with Crippen molar-refractivity contribution in [2.45, 2.75) is 20.0 Å². The van der Waals surface area contributed by atoms with E-state index in [1.54, 1.807) is 30.3 Å². The maximum absolute atomic E-state index is 12.7. The molecule has 4 aromatic rings. The zero-order valence-corrected chi connectivity index (χ0v) is 22.7. The van der Waals surface area contributed by atoms with E-state index in [1.165, 1.54) is 12.1 Å². The van der Waals surface area contributed by atoms with Gasteiger partial charge in [-0.05, 0) is 82.4 Å². The minimum atomic E-state index is -1.01. The summed E-state index contributed by atoms with van der Waals surface area (Å²) >= 11 is 3.50. The Morgan fingerprint density at radius 2 is 1.95 bits per heavy atom. The highest BCUT2D eigenvalue weighted by Crippen LogP contribution is 2.38. The maximum atomic E-state index is 12.7. The highest BCUT2D eigenvalue weighted by atomic mass is 79.9. The summed E-state index contributed by atoms with van der Waals surface area (Å²) in [6.45, 7) is 2.70. The molecule has 0 saturated heterocycles. The summed E-state index contributed by atoms with van der Waals surface area (Å²) in [7, 11) is 0. The molecule has 0 unspecified atom stereocenters. The summed E-state index contributed by atoms with van der Waals surface area (Å²) < 4.78 is 12.3. The first-order valence-corrected chi connectivity index (χ1v) is 13.0. The zero-order valence-electron chi connectivity index (χ0n) is 21.2. The van der Waals surface area contributed by atoms with Gasteiger partial charge in [-0.25, -0.2) is 4.79 Å². The Balaban J connectivity index is 1.46. The lowest BCUT2D eigenvalue weighted by Crippen LogP contribution is -2.26. The number of carboxylic acids is 1. The Kier molecular flexibility index (Phi) is 9.02. The Bertz CT molecular complexity index is 1590. The predicted molar refractivity (Wildman–Crippen MR) is 152 cm³/mol. The number of nitrogens with zero attached hydrogens (tertiary/aromatic N) is 1. The zero-order chi connectivity index (χ0) is 27.8. The van der Waals surface area contributed by atoms with Crippen molar-refractivity contribution in [3.63, 3.8) is 0 Å². The van der Waals surface area contributed by atoms with Crippen LogP contribution in [0, 0.1) is 11.3 Å². The van der Waals surface area contributed by atoms with Crippen LogP contribution in [0.2, 0.25) is 0 Å². The molecular formula is C30H26BrN3O5. The fraction of sp³-hybridized carbons (Fsp3) is 0.167. The summed E-state index contributed by atoms with van der Waals surface area (Å²) in [6.07, 6.45) is 4.04. The first-order chi connectivity index (χ1) is 18.9. The van der Waals surface area contributed by atoms with Gasteiger partial charge in [0.1, 0.15) is 18.2 Å². The molecule has 0 bridgehead atoms. The summed E-state index contributed by atoms with van der Waals surface area (Å²) in [4.78, 5) is 27.2. The smallest absolute Gasteiger partial charge is 0.335 e. The number of H-pyrrole nitrogens is 1. The van der Waals surface area contributed by atoms with Crippen LogP contribution in [0.4, 0.5) is 0 Å². The van der Waals surface area contributed by atoms with Gasteiger partial charge in [-0.3, -0.25) is 4.79 Å². The van der Waals surface area contributed by atoms with Crippen molar-refractivity contribution in [2.24, 2.45) is 0 Å². The molecule has 39 heavy (non-hydrogen) atoms. The predicted octanol–water partition coefficient (Wildman–Crippen LogP) is 5.87.